The number of hydrogen-bond acceptors (Lipinski definition) is 4. The number of ketones is 1. The van der Waals surface area contributed by atoms with Gasteiger partial charge in [-0.2, -0.15) is 0 Å². The molecule has 6 heteroatoms. The van der Waals surface area contributed by atoms with Crippen LogP contribution in [-0.2, 0) is 16.0 Å². The van der Waals surface area contributed by atoms with E-state index in [1.165, 1.54) is 25.6 Å². The first-order valence-electron chi connectivity index (χ1n) is 9.44. The van der Waals surface area contributed by atoms with E-state index in [9.17, 15) is 9.18 Å². The van der Waals surface area contributed by atoms with Crippen LogP contribution in [0.25, 0.3) is 11.3 Å². The highest BCUT2D eigenvalue weighted by molar-refractivity contribution is 5.94. The molecule has 0 aliphatic rings. The number of benzene rings is 1. The number of aromatic nitrogens is 2. The smallest absolute Gasteiger partial charge is 0.161 e. The number of hydrogen-bond donors (Lipinski definition) is 2. The molecule has 1 aromatic heterocycles. The van der Waals surface area contributed by atoms with Gasteiger partial charge in [-0.3, -0.25) is 4.79 Å². The fraction of sp³-hybridized carbons (Fsp3) is 0.364. The zero-order valence-corrected chi connectivity index (χ0v) is 16.7. The zero-order valence-electron chi connectivity index (χ0n) is 16.7. The van der Waals surface area contributed by atoms with Crippen molar-refractivity contribution in [2.45, 2.75) is 45.4 Å². The number of imidazole rings is 1. The number of aryl methyl sites for hydroxylation is 1. The number of H-pyrrole nitrogens is 1. The van der Waals surface area contributed by atoms with Crippen LogP contribution in [0.3, 0.4) is 0 Å². The molecule has 3 N–H and O–H groups in total. The van der Waals surface area contributed by atoms with E-state index >= 15 is 0 Å². The number of carbonyl (C=O) groups is 1. The van der Waals surface area contributed by atoms with Crippen molar-refractivity contribution in [3.63, 3.8) is 0 Å². The molecule has 1 heterocycles. The highest BCUT2D eigenvalue weighted by Crippen LogP contribution is 2.21. The summed E-state index contributed by atoms with van der Waals surface area (Å²) >= 11 is 0. The summed E-state index contributed by atoms with van der Waals surface area (Å²) in [5.41, 5.74) is 6.35. The van der Waals surface area contributed by atoms with Gasteiger partial charge >= 0.3 is 0 Å². The maximum absolute atomic E-state index is 13.8. The lowest BCUT2D eigenvalue weighted by atomic mass is 10.1. The first kappa shape index (κ1) is 23.3. The Hall–Kier alpha value is -2.73. The third-order valence-electron chi connectivity index (χ3n) is 4.14. The molecule has 1 aromatic carbocycles. The fourth-order valence-corrected chi connectivity index (χ4v) is 2.65. The highest BCUT2D eigenvalue weighted by Gasteiger charge is 2.08. The zero-order chi connectivity index (χ0) is 20.8. The van der Waals surface area contributed by atoms with Crippen molar-refractivity contribution in [2.75, 3.05) is 7.05 Å². The minimum atomic E-state index is -0.254. The molecule has 0 atom stereocenters. The Bertz CT molecular complexity index is 769. The number of nitrogens with two attached hydrogens (primary N) is 1. The first-order chi connectivity index (χ1) is 13.6. The largest absolute Gasteiger partial charge is 0.473 e. The van der Waals surface area contributed by atoms with Crippen LogP contribution in [0.1, 0.15) is 44.9 Å². The normalized spacial score (nSPS) is 10.8. The maximum atomic E-state index is 13.8. The van der Waals surface area contributed by atoms with E-state index in [4.69, 9.17) is 4.74 Å². The topological polar surface area (TPSA) is 81.0 Å². The van der Waals surface area contributed by atoms with Crippen molar-refractivity contribution in [3.8, 4) is 11.3 Å². The third kappa shape index (κ3) is 7.88. The fourth-order valence-electron chi connectivity index (χ4n) is 2.65. The molecule has 0 aliphatic heterocycles. The number of ether oxygens (including phenoxy) is 1. The van der Waals surface area contributed by atoms with E-state index < -0.39 is 0 Å². The summed E-state index contributed by atoms with van der Waals surface area (Å²) in [5, 5.41) is 0. The quantitative estimate of drug-likeness (QED) is 0.326. The van der Waals surface area contributed by atoms with Crippen molar-refractivity contribution in [2.24, 2.45) is 5.73 Å². The summed E-state index contributed by atoms with van der Waals surface area (Å²) in [5.74, 6) is 0.710. The minimum absolute atomic E-state index is 0.104. The molecule has 0 radical (unpaired) electrons. The molecule has 0 aliphatic carbocycles. The predicted octanol–water partition coefficient (Wildman–Crippen LogP) is 4.92. The second-order valence-corrected chi connectivity index (χ2v) is 6.16. The van der Waals surface area contributed by atoms with Gasteiger partial charge in [-0.1, -0.05) is 31.6 Å². The van der Waals surface area contributed by atoms with Gasteiger partial charge in [0, 0.05) is 24.0 Å². The monoisotopic (exact) mass is 387 g/mol. The summed E-state index contributed by atoms with van der Waals surface area (Å²) in [6, 6.07) is 6.66. The molecule has 0 amide bonds. The molecule has 5 nitrogen and oxygen atoms in total. The van der Waals surface area contributed by atoms with Crippen LogP contribution < -0.4 is 5.73 Å². The molecular weight excluding hydrogens is 357 g/mol. The van der Waals surface area contributed by atoms with E-state index in [0.717, 1.165) is 37.9 Å². The second-order valence-electron chi connectivity index (χ2n) is 6.16. The Morgan fingerprint density at radius 3 is 2.68 bits per heavy atom. The number of rotatable bonds is 11. The number of Topliss-reactive ketones (excluding diaryl/α,β-unsaturated/α-hetero) is 1. The van der Waals surface area contributed by atoms with Crippen LogP contribution in [0, 0.1) is 5.82 Å². The number of carbonyl (C=O) groups excluding carboxylic acids is 1. The number of nitrogens with one attached hydrogen (secondary N) is 1. The number of nitrogens with zero attached hydrogens (tertiary/aromatic N) is 1. The predicted molar refractivity (Wildman–Crippen MR) is 111 cm³/mol. The molecule has 152 valence electrons. The molecule has 2 rings (SSSR count). The van der Waals surface area contributed by atoms with Gasteiger partial charge in [0.25, 0.3) is 0 Å². The Balaban J connectivity index is 0.00000190. The summed E-state index contributed by atoms with van der Waals surface area (Å²) in [4.78, 5) is 19.3. The summed E-state index contributed by atoms with van der Waals surface area (Å²) < 4.78 is 18.7. The standard InChI is InChI=1S/C21H25FN2O2.CH5N/c1-3-26-15-16(2)20(25)12-6-4-5-7-13-21-23-14-19(24-21)17-10-8-9-11-18(17)22;1-2/h3,8-11,14-15H,1,4-7,12-13H2,2H3,(H,23,24);2H2,1H3/b16-15+;. The number of halogens is 1. The average Bonchev–Trinajstić information content (AvgIpc) is 3.19. The van der Waals surface area contributed by atoms with Gasteiger partial charge in [0.05, 0.1) is 24.4 Å². The van der Waals surface area contributed by atoms with E-state index in [2.05, 4.69) is 22.3 Å². The van der Waals surface area contributed by atoms with Gasteiger partial charge < -0.3 is 15.5 Å². The molecule has 0 spiro atoms. The second kappa shape index (κ2) is 13.4. The molecule has 0 fully saturated rings. The van der Waals surface area contributed by atoms with Gasteiger partial charge in [0.1, 0.15) is 11.6 Å². The number of allylic oxidation sites excluding steroid dienone is 1. The van der Waals surface area contributed by atoms with E-state index in [0.29, 0.717) is 23.3 Å². The summed E-state index contributed by atoms with van der Waals surface area (Å²) in [6.45, 7) is 5.18. The van der Waals surface area contributed by atoms with E-state index in [1.54, 1.807) is 31.3 Å². The Kier molecular flexibility index (Phi) is 11.2. The van der Waals surface area contributed by atoms with Crippen LogP contribution in [0.4, 0.5) is 4.39 Å². The van der Waals surface area contributed by atoms with Gasteiger partial charge in [-0.05, 0) is 38.9 Å². The number of unbranched alkanes of at least 4 members (excludes halogenated alkanes) is 3. The van der Waals surface area contributed by atoms with Gasteiger partial charge in [-0.15, -0.1) is 0 Å². The van der Waals surface area contributed by atoms with E-state index in [1.807, 2.05) is 0 Å². The molecule has 0 bridgehead atoms. The van der Waals surface area contributed by atoms with Crippen molar-refractivity contribution < 1.29 is 13.9 Å². The lowest BCUT2D eigenvalue weighted by Crippen LogP contribution is -1.99. The van der Waals surface area contributed by atoms with Crippen LogP contribution in [0.15, 0.2) is 55.1 Å². The molecule has 0 saturated carbocycles. The van der Waals surface area contributed by atoms with E-state index in [-0.39, 0.29) is 11.6 Å². The van der Waals surface area contributed by atoms with Crippen LogP contribution in [0.2, 0.25) is 0 Å². The molecule has 0 unspecified atom stereocenters. The van der Waals surface area contributed by atoms with Gasteiger partial charge in [-0.25, -0.2) is 9.37 Å². The maximum Gasteiger partial charge on any atom is 0.161 e. The van der Waals surface area contributed by atoms with Crippen LogP contribution in [-0.4, -0.2) is 22.8 Å². The Morgan fingerprint density at radius 1 is 1.25 bits per heavy atom. The van der Waals surface area contributed by atoms with Crippen molar-refractivity contribution in [1.29, 1.82) is 0 Å². The van der Waals surface area contributed by atoms with Crippen molar-refractivity contribution >= 4 is 5.78 Å². The summed E-state index contributed by atoms with van der Waals surface area (Å²) in [7, 11) is 1.50. The molecular formula is C22H30FN3O2. The molecule has 0 saturated heterocycles. The molecule has 2 aromatic rings. The Morgan fingerprint density at radius 2 is 1.96 bits per heavy atom. The van der Waals surface area contributed by atoms with Gasteiger partial charge in [0.2, 0.25) is 0 Å². The third-order valence-corrected chi connectivity index (χ3v) is 4.14. The SMILES string of the molecule is C=CO/C=C(\C)C(=O)CCCCCCc1ncc(-c2ccccc2F)[nH]1.CN. The summed E-state index contributed by atoms with van der Waals surface area (Å²) in [6.07, 6.45) is 9.59. The highest BCUT2D eigenvalue weighted by atomic mass is 19.1. The first-order valence-corrected chi connectivity index (χ1v) is 9.44. The minimum Gasteiger partial charge on any atom is -0.473 e. The van der Waals surface area contributed by atoms with Crippen molar-refractivity contribution in [1.82, 2.24) is 9.97 Å². The van der Waals surface area contributed by atoms with Crippen LogP contribution >= 0.6 is 0 Å². The number of aromatic amines is 1. The Labute approximate surface area is 166 Å². The van der Waals surface area contributed by atoms with Gasteiger partial charge in [0.15, 0.2) is 5.78 Å². The lowest BCUT2D eigenvalue weighted by Gasteiger charge is -2.02. The average molecular weight is 387 g/mol. The lowest BCUT2D eigenvalue weighted by molar-refractivity contribution is -0.115. The van der Waals surface area contributed by atoms with Crippen molar-refractivity contribution in [3.05, 3.63) is 66.8 Å². The molecule has 28 heavy (non-hydrogen) atoms. The van der Waals surface area contributed by atoms with Crippen LogP contribution in [0.5, 0.6) is 0 Å².